The van der Waals surface area contributed by atoms with Gasteiger partial charge in [-0.25, -0.2) is 4.39 Å². The van der Waals surface area contributed by atoms with Gasteiger partial charge in [-0.1, -0.05) is 13.0 Å². The summed E-state index contributed by atoms with van der Waals surface area (Å²) in [6, 6.07) is 12.1. The van der Waals surface area contributed by atoms with Gasteiger partial charge in [-0.3, -0.25) is 4.90 Å². The first-order chi connectivity index (χ1) is 15.7. The van der Waals surface area contributed by atoms with Crippen LogP contribution in [-0.2, 0) is 6.42 Å². The van der Waals surface area contributed by atoms with Gasteiger partial charge in [-0.05, 0) is 86.9 Å². The maximum atomic E-state index is 13.8. The molecular formula is C27H34ClFN2O2. The molecule has 33 heavy (non-hydrogen) atoms. The summed E-state index contributed by atoms with van der Waals surface area (Å²) in [5, 5.41) is 1.04. The highest BCUT2D eigenvalue weighted by molar-refractivity contribution is 5.85. The Kier molecular flexibility index (Phi) is 7.50. The summed E-state index contributed by atoms with van der Waals surface area (Å²) in [5.74, 6) is 2.23. The quantitative estimate of drug-likeness (QED) is 0.446. The standard InChI is InChI=1S/C27H33FN2O2.ClH/c1-3-13-30(21-15-23-26(31-2)5-4-6-27(23)32-17-21)20-10-7-18(8-11-20)24-16-29-25-12-9-19(28)14-22(24)25;/h4-6,9,12,14,16,18,20-21,29H,3,7-8,10-11,13,15,17H2,1-2H3;1H. The van der Waals surface area contributed by atoms with Crippen molar-refractivity contribution in [1.82, 2.24) is 9.88 Å². The summed E-state index contributed by atoms with van der Waals surface area (Å²) in [5.41, 5.74) is 3.50. The topological polar surface area (TPSA) is 37.5 Å². The van der Waals surface area contributed by atoms with Gasteiger partial charge in [0.1, 0.15) is 23.9 Å². The summed E-state index contributed by atoms with van der Waals surface area (Å²) in [4.78, 5) is 6.03. The molecule has 5 rings (SSSR count). The minimum atomic E-state index is -0.158. The van der Waals surface area contributed by atoms with Crippen molar-refractivity contribution < 1.29 is 13.9 Å². The van der Waals surface area contributed by atoms with E-state index in [0.29, 0.717) is 18.0 Å². The van der Waals surface area contributed by atoms with Gasteiger partial charge in [0.25, 0.3) is 0 Å². The fourth-order valence-corrected chi connectivity index (χ4v) is 5.86. The van der Waals surface area contributed by atoms with E-state index in [1.807, 2.05) is 24.3 Å². The first kappa shape index (κ1) is 23.9. The van der Waals surface area contributed by atoms with E-state index in [0.717, 1.165) is 61.2 Å². The molecular weight excluding hydrogens is 439 g/mol. The zero-order valence-electron chi connectivity index (χ0n) is 19.5. The molecule has 1 unspecified atom stereocenters. The predicted octanol–water partition coefficient (Wildman–Crippen LogP) is 6.48. The van der Waals surface area contributed by atoms with Crippen molar-refractivity contribution in [3.63, 3.8) is 0 Å². The second-order valence-corrected chi connectivity index (χ2v) is 9.28. The van der Waals surface area contributed by atoms with Crippen LogP contribution >= 0.6 is 12.4 Å². The summed E-state index contributed by atoms with van der Waals surface area (Å²) in [6.45, 7) is 4.09. The highest BCUT2D eigenvalue weighted by Gasteiger charge is 2.34. The lowest BCUT2D eigenvalue weighted by atomic mass is 9.80. The molecule has 0 spiro atoms. The van der Waals surface area contributed by atoms with Crippen LogP contribution in [0.15, 0.2) is 42.6 Å². The van der Waals surface area contributed by atoms with Crippen LogP contribution in [0.1, 0.15) is 56.1 Å². The van der Waals surface area contributed by atoms with Crippen LogP contribution in [-0.4, -0.2) is 42.2 Å². The molecule has 0 saturated heterocycles. The van der Waals surface area contributed by atoms with E-state index in [4.69, 9.17) is 9.47 Å². The molecule has 1 atom stereocenters. The molecule has 1 aliphatic carbocycles. The molecule has 4 nitrogen and oxygen atoms in total. The van der Waals surface area contributed by atoms with Crippen LogP contribution in [0.2, 0.25) is 0 Å². The number of aromatic amines is 1. The van der Waals surface area contributed by atoms with Gasteiger partial charge in [-0.15, -0.1) is 12.4 Å². The Balaban J connectivity index is 0.00000259. The van der Waals surface area contributed by atoms with Gasteiger partial charge < -0.3 is 14.5 Å². The van der Waals surface area contributed by atoms with Crippen LogP contribution < -0.4 is 9.47 Å². The van der Waals surface area contributed by atoms with Gasteiger partial charge in [-0.2, -0.15) is 0 Å². The van der Waals surface area contributed by atoms with Crippen molar-refractivity contribution in [1.29, 1.82) is 0 Å². The van der Waals surface area contributed by atoms with Crippen LogP contribution in [0.4, 0.5) is 4.39 Å². The first-order valence-corrected chi connectivity index (χ1v) is 12.0. The third-order valence-electron chi connectivity index (χ3n) is 7.41. The number of nitrogens with one attached hydrogen (secondary N) is 1. The third kappa shape index (κ3) is 4.71. The predicted molar refractivity (Wildman–Crippen MR) is 133 cm³/mol. The Morgan fingerprint density at radius 3 is 2.70 bits per heavy atom. The van der Waals surface area contributed by atoms with Crippen molar-refractivity contribution >= 4 is 23.3 Å². The number of halogens is 2. The van der Waals surface area contributed by atoms with Crippen molar-refractivity contribution in [2.45, 2.75) is 63.5 Å². The molecule has 178 valence electrons. The lowest BCUT2D eigenvalue weighted by Crippen LogP contribution is -2.50. The Labute approximate surface area is 201 Å². The van der Waals surface area contributed by atoms with Gasteiger partial charge in [0, 0.05) is 34.7 Å². The highest BCUT2D eigenvalue weighted by atomic mass is 35.5. The lowest BCUT2D eigenvalue weighted by molar-refractivity contribution is 0.0588. The normalized spacial score (nSPS) is 22.5. The first-order valence-electron chi connectivity index (χ1n) is 12.0. The zero-order valence-corrected chi connectivity index (χ0v) is 20.3. The summed E-state index contributed by atoms with van der Waals surface area (Å²) in [7, 11) is 1.74. The van der Waals surface area contributed by atoms with Gasteiger partial charge in [0.15, 0.2) is 0 Å². The fraction of sp³-hybridized carbons (Fsp3) is 0.481. The van der Waals surface area contributed by atoms with E-state index < -0.39 is 0 Å². The lowest BCUT2D eigenvalue weighted by Gasteiger charge is -2.43. The minimum Gasteiger partial charge on any atom is -0.496 e. The molecule has 2 aromatic carbocycles. The van der Waals surface area contributed by atoms with Gasteiger partial charge >= 0.3 is 0 Å². The molecule has 6 heteroatoms. The molecule has 0 bridgehead atoms. The molecule has 1 aromatic heterocycles. The molecule has 2 aliphatic rings. The Hall–Kier alpha value is -2.24. The van der Waals surface area contributed by atoms with Crippen molar-refractivity contribution in [2.75, 3.05) is 20.3 Å². The second-order valence-electron chi connectivity index (χ2n) is 9.28. The summed E-state index contributed by atoms with van der Waals surface area (Å²) >= 11 is 0. The van der Waals surface area contributed by atoms with E-state index in [9.17, 15) is 4.39 Å². The van der Waals surface area contributed by atoms with E-state index in [-0.39, 0.29) is 18.2 Å². The number of rotatable bonds is 6. The second kappa shape index (κ2) is 10.4. The summed E-state index contributed by atoms with van der Waals surface area (Å²) < 4.78 is 25.6. The van der Waals surface area contributed by atoms with E-state index in [1.165, 1.54) is 30.0 Å². The number of nitrogens with zero attached hydrogens (tertiary/aromatic N) is 1. The fourth-order valence-electron chi connectivity index (χ4n) is 5.86. The van der Waals surface area contributed by atoms with Crippen LogP contribution in [0.5, 0.6) is 11.5 Å². The number of fused-ring (bicyclic) bond motifs is 2. The number of aromatic nitrogens is 1. The number of methoxy groups -OCH3 is 1. The maximum Gasteiger partial charge on any atom is 0.126 e. The van der Waals surface area contributed by atoms with Crippen LogP contribution in [0.3, 0.4) is 0 Å². The third-order valence-corrected chi connectivity index (χ3v) is 7.41. The molecule has 1 fully saturated rings. The molecule has 2 heterocycles. The van der Waals surface area contributed by atoms with Crippen molar-refractivity contribution in [3.05, 3.63) is 59.5 Å². The van der Waals surface area contributed by atoms with E-state index in [1.54, 1.807) is 13.2 Å². The maximum absolute atomic E-state index is 13.8. The largest absolute Gasteiger partial charge is 0.496 e. The molecule has 1 saturated carbocycles. The van der Waals surface area contributed by atoms with Crippen molar-refractivity contribution in [2.24, 2.45) is 0 Å². The van der Waals surface area contributed by atoms with Gasteiger partial charge in [0.05, 0.1) is 7.11 Å². The minimum absolute atomic E-state index is 0. The molecule has 1 N–H and O–H groups in total. The monoisotopic (exact) mass is 472 g/mol. The smallest absolute Gasteiger partial charge is 0.126 e. The average Bonchev–Trinajstić information content (AvgIpc) is 3.25. The zero-order chi connectivity index (χ0) is 22.1. The number of hydrogen-bond acceptors (Lipinski definition) is 3. The highest BCUT2D eigenvalue weighted by Crippen LogP contribution is 2.40. The van der Waals surface area contributed by atoms with Crippen molar-refractivity contribution in [3.8, 4) is 11.5 Å². The molecule has 1 aliphatic heterocycles. The van der Waals surface area contributed by atoms with Gasteiger partial charge in [0.2, 0.25) is 0 Å². The summed E-state index contributed by atoms with van der Waals surface area (Å²) in [6.07, 6.45) is 8.82. The average molecular weight is 473 g/mol. The molecule has 0 radical (unpaired) electrons. The van der Waals surface area contributed by atoms with Crippen LogP contribution in [0.25, 0.3) is 10.9 Å². The number of H-pyrrole nitrogens is 1. The molecule has 3 aromatic rings. The molecule has 0 amide bonds. The number of benzene rings is 2. The number of ether oxygens (including phenoxy) is 2. The number of hydrogen-bond donors (Lipinski definition) is 1. The Morgan fingerprint density at radius 1 is 1.12 bits per heavy atom. The SMILES string of the molecule is CCCN(C1CCC(c2c[nH]c3ccc(F)cc23)CC1)C1COc2cccc(OC)c2C1.Cl. The Morgan fingerprint density at radius 2 is 1.94 bits per heavy atom. The van der Waals surface area contributed by atoms with E-state index >= 15 is 0 Å². The van der Waals surface area contributed by atoms with E-state index in [2.05, 4.69) is 23.0 Å². The van der Waals surface area contributed by atoms with Crippen LogP contribution in [0, 0.1) is 5.82 Å². The Bertz CT molecular complexity index is 1060.